The van der Waals surface area contributed by atoms with Crippen LogP contribution >= 0.6 is 0 Å². The second kappa shape index (κ2) is 9.01. The Balaban J connectivity index is 1.71. The Labute approximate surface area is 167 Å². The van der Waals surface area contributed by atoms with Crippen LogP contribution in [-0.2, 0) is 4.74 Å². The van der Waals surface area contributed by atoms with E-state index in [1.807, 2.05) is 31.3 Å². The van der Waals surface area contributed by atoms with Gasteiger partial charge in [-0.1, -0.05) is 0 Å². The van der Waals surface area contributed by atoms with Crippen molar-refractivity contribution in [3.05, 3.63) is 47.2 Å². The summed E-state index contributed by atoms with van der Waals surface area (Å²) in [5.41, 5.74) is 3.77. The van der Waals surface area contributed by atoms with Gasteiger partial charge in [-0.25, -0.2) is 4.39 Å². The van der Waals surface area contributed by atoms with Crippen molar-refractivity contribution in [2.45, 2.75) is 37.6 Å². The van der Waals surface area contributed by atoms with Crippen molar-refractivity contribution in [1.82, 2.24) is 20.4 Å². The molecular formula is C21H33FN4O2. The molecule has 0 aromatic carbocycles. The summed E-state index contributed by atoms with van der Waals surface area (Å²) in [6.45, 7) is -0.858. The van der Waals surface area contributed by atoms with Crippen LogP contribution in [0.1, 0.15) is 19.3 Å². The van der Waals surface area contributed by atoms with Gasteiger partial charge < -0.3 is 25.4 Å². The molecule has 0 amide bonds. The summed E-state index contributed by atoms with van der Waals surface area (Å²) < 4.78 is 18.3. The SMILES string of the molecule is CN(C)C1=CC=C2N[C@H](C3=CN[C@H](N(C)C)C(OCC(O)CF)=C3)CCC2C1. The van der Waals surface area contributed by atoms with Crippen LogP contribution in [0.25, 0.3) is 0 Å². The first-order chi connectivity index (χ1) is 13.4. The minimum Gasteiger partial charge on any atom is -0.491 e. The predicted octanol–water partition coefficient (Wildman–Crippen LogP) is 1.69. The highest BCUT2D eigenvalue weighted by molar-refractivity contribution is 5.36. The van der Waals surface area contributed by atoms with E-state index >= 15 is 0 Å². The Bertz CT molecular complexity index is 684. The number of alkyl halides is 1. The number of fused-ring (bicyclic) bond motifs is 1. The largest absolute Gasteiger partial charge is 0.491 e. The third-order valence-electron chi connectivity index (χ3n) is 5.60. The van der Waals surface area contributed by atoms with Gasteiger partial charge in [0.2, 0.25) is 0 Å². The minimum atomic E-state index is -1.10. The lowest BCUT2D eigenvalue weighted by molar-refractivity contribution is 0.0379. The maximum Gasteiger partial charge on any atom is 0.138 e. The molecule has 6 nitrogen and oxygen atoms in total. The lowest BCUT2D eigenvalue weighted by Crippen LogP contribution is -2.46. The van der Waals surface area contributed by atoms with Crippen LogP contribution in [0.4, 0.5) is 4.39 Å². The summed E-state index contributed by atoms with van der Waals surface area (Å²) >= 11 is 0. The van der Waals surface area contributed by atoms with Gasteiger partial charge in [0.1, 0.15) is 31.3 Å². The van der Waals surface area contributed by atoms with Gasteiger partial charge in [0.05, 0.1) is 6.04 Å². The Morgan fingerprint density at radius 3 is 2.71 bits per heavy atom. The molecule has 0 bridgehead atoms. The number of hydrogen-bond acceptors (Lipinski definition) is 6. The van der Waals surface area contributed by atoms with Gasteiger partial charge in [-0.05, 0) is 57.2 Å². The Kier molecular flexibility index (Phi) is 6.67. The molecule has 0 saturated carbocycles. The van der Waals surface area contributed by atoms with Crippen LogP contribution in [0.3, 0.4) is 0 Å². The molecular weight excluding hydrogens is 359 g/mol. The van der Waals surface area contributed by atoms with Crippen molar-refractivity contribution < 1.29 is 14.2 Å². The molecule has 1 aliphatic carbocycles. The highest BCUT2D eigenvalue weighted by Gasteiger charge is 2.31. The highest BCUT2D eigenvalue weighted by Crippen LogP contribution is 2.35. The molecule has 0 radical (unpaired) electrons. The first-order valence-electron chi connectivity index (χ1n) is 9.94. The van der Waals surface area contributed by atoms with Crippen molar-refractivity contribution >= 4 is 0 Å². The third kappa shape index (κ3) is 4.70. The summed E-state index contributed by atoms with van der Waals surface area (Å²) in [7, 11) is 8.08. The molecule has 4 atom stereocenters. The van der Waals surface area contributed by atoms with Crippen molar-refractivity contribution in [3.63, 3.8) is 0 Å². The van der Waals surface area contributed by atoms with Gasteiger partial charge in [-0.3, -0.25) is 4.90 Å². The maximum absolute atomic E-state index is 12.6. The summed E-state index contributed by atoms with van der Waals surface area (Å²) in [5.74, 6) is 1.25. The van der Waals surface area contributed by atoms with Crippen LogP contribution in [-0.4, -0.2) is 74.7 Å². The molecule has 0 aromatic rings. The van der Waals surface area contributed by atoms with E-state index in [-0.39, 0.29) is 18.8 Å². The van der Waals surface area contributed by atoms with E-state index < -0.39 is 12.8 Å². The molecule has 2 heterocycles. The molecule has 0 aromatic heterocycles. The second-order valence-electron chi connectivity index (χ2n) is 8.19. The van der Waals surface area contributed by atoms with Crippen LogP contribution in [0.2, 0.25) is 0 Å². The lowest BCUT2D eigenvalue weighted by atomic mass is 9.82. The quantitative estimate of drug-likeness (QED) is 0.613. The second-order valence-corrected chi connectivity index (χ2v) is 8.19. The zero-order valence-corrected chi connectivity index (χ0v) is 17.3. The smallest absolute Gasteiger partial charge is 0.138 e. The van der Waals surface area contributed by atoms with Gasteiger partial charge in [0.25, 0.3) is 0 Å². The van der Waals surface area contributed by atoms with Crippen LogP contribution in [0.5, 0.6) is 0 Å². The fourth-order valence-electron chi connectivity index (χ4n) is 3.90. The van der Waals surface area contributed by atoms with E-state index in [1.165, 1.54) is 11.4 Å². The van der Waals surface area contributed by atoms with Crippen molar-refractivity contribution in [1.29, 1.82) is 0 Å². The van der Waals surface area contributed by atoms with E-state index in [2.05, 4.69) is 41.8 Å². The summed E-state index contributed by atoms with van der Waals surface area (Å²) in [6.07, 6.45) is 10.5. The first kappa shape index (κ1) is 20.7. The molecule has 2 unspecified atom stereocenters. The zero-order valence-electron chi connectivity index (χ0n) is 17.3. The van der Waals surface area contributed by atoms with Crippen molar-refractivity contribution in [3.8, 4) is 0 Å². The van der Waals surface area contributed by atoms with E-state index in [9.17, 15) is 9.50 Å². The normalized spacial score (nSPS) is 28.0. The molecule has 28 heavy (non-hydrogen) atoms. The lowest BCUT2D eigenvalue weighted by Gasteiger charge is -2.39. The molecule has 2 aliphatic heterocycles. The number of rotatable bonds is 7. The molecule has 1 saturated heterocycles. The molecule has 156 valence electrons. The maximum atomic E-state index is 12.6. The topological polar surface area (TPSA) is 60.0 Å². The van der Waals surface area contributed by atoms with Gasteiger partial charge in [-0.2, -0.15) is 0 Å². The minimum absolute atomic E-state index is 0.0505. The fraction of sp³-hybridized carbons (Fsp3) is 0.619. The molecule has 7 heteroatoms. The Morgan fingerprint density at radius 2 is 2.04 bits per heavy atom. The molecule has 3 rings (SSSR count). The van der Waals surface area contributed by atoms with Crippen LogP contribution in [0.15, 0.2) is 47.2 Å². The van der Waals surface area contributed by atoms with Gasteiger partial charge >= 0.3 is 0 Å². The van der Waals surface area contributed by atoms with Gasteiger partial charge in [-0.15, -0.1) is 0 Å². The Hall–Kier alpha value is -1.99. The number of nitrogens with one attached hydrogen (secondary N) is 2. The van der Waals surface area contributed by atoms with Gasteiger partial charge in [0.15, 0.2) is 0 Å². The number of likely N-dealkylation sites (N-methyl/N-ethyl adjacent to an activating group) is 1. The number of halogens is 1. The van der Waals surface area contributed by atoms with Crippen molar-refractivity contribution in [2.24, 2.45) is 5.92 Å². The third-order valence-corrected chi connectivity index (χ3v) is 5.60. The number of dihydropyridines is 1. The van der Waals surface area contributed by atoms with Crippen LogP contribution in [0, 0.1) is 5.92 Å². The number of aliphatic hydroxyl groups is 1. The molecule has 3 aliphatic rings. The molecule has 1 fully saturated rings. The number of ether oxygens (including phenoxy) is 1. The van der Waals surface area contributed by atoms with Crippen LogP contribution < -0.4 is 10.6 Å². The van der Waals surface area contributed by atoms with Crippen molar-refractivity contribution in [2.75, 3.05) is 41.5 Å². The Morgan fingerprint density at radius 1 is 1.25 bits per heavy atom. The number of nitrogens with zero attached hydrogens (tertiary/aromatic N) is 2. The number of allylic oxidation sites excluding steroid dienone is 4. The van der Waals surface area contributed by atoms with E-state index in [0.29, 0.717) is 11.7 Å². The average molecular weight is 393 g/mol. The summed E-state index contributed by atoms with van der Waals surface area (Å²) in [5, 5.41) is 16.6. The zero-order chi connectivity index (χ0) is 20.3. The van der Waals surface area contributed by atoms with E-state index in [0.717, 1.165) is 24.8 Å². The number of hydrogen-bond donors (Lipinski definition) is 3. The number of aliphatic hydroxyl groups excluding tert-OH is 1. The monoisotopic (exact) mass is 392 g/mol. The summed E-state index contributed by atoms with van der Waals surface area (Å²) in [6, 6.07) is 0.206. The van der Waals surface area contributed by atoms with E-state index in [1.54, 1.807) is 0 Å². The first-order valence-corrected chi connectivity index (χ1v) is 9.94. The fourth-order valence-corrected chi connectivity index (χ4v) is 3.90. The number of piperidine rings is 1. The average Bonchev–Trinajstić information content (AvgIpc) is 2.70. The summed E-state index contributed by atoms with van der Waals surface area (Å²) in [4.78, 5) is 4.18. The van der Waals surface area contributed by atoms with Gasteiger partial charge in [0, 0.05) is 37.6 Å². The highest BCUT2D eigenvalue weighted by atomic mass is 19.1. The molecule has 0 spiro atoms. The standard InChI is InChI=1S/C21H33FN4O2/c1-25(2)16-6-8-18-14(9-16)5-7-19(24-18)15-10-20(28-13-17(27)11-22)21(23-12-15)26(3)4/h6,8,10,12,14,17,19,21,23-24,27H,5,7,9,11,13H2,1-4H3/t14?,17?,19-,21+/m0/s1. The predicted molar refractivity (Wildman–Crippen MR) is 109 cm³/mol. The molecule has 3 N–H and O–H groups in total. The van der Waals surface area contributed by atoms with E-state index in [4.69, 9.17) is 4.74 Å².